The highest BCUT2D eigenvalue weighted by Gasteiger charge is 2.23. The first-order chi connectivity index (χ1) is 24.6. The predicted octanol–water partition coefficient (Wildman–Crippen LogP) is 6.80. The molecule has 2 unspecified atom stereocenters. The third-order valence-electron chi connectivity index (χ3n) is 6.90. The van der Waals surface area contributed by atoms with E-state index in [9.17, 15) is 46.7 Å². The van der Waals surface area contributed by atoms with Crippen molar-refractivity contribution in [1.82, 2.24) is 9.44 Å². The second-order valence-electron chi connectivity index (χ2n) is 11.0. The first-order valence-corrected chi connectivity index (χ1v) is 21.4. The molecule has 0 spiro atoms. The number of non-ortho nitro benzene ring substituents is 2. The van der Waals surface area contributed by atoms with Crippen LogP contribution in [0.5, 0.6) is 0 Å². The van der Waals surface area contributed by atoms with Crippen molar-refractivity contribution >= 4 is 65.8 Å². The molecule has 2 N–H and O–H groups in total. The van der Waals surface area contributed by atoms with Crippen LogP contribution < -0.4 is 9.44 Å². The molecule has 2 rings (SSSR count). The molecule has 0 aliphatic carbocycles. The molecule has 0 aliphatic heterocycles. The molecular weight excluding hydrogens is 769 g/mol. The lowest BCUT2D eigenvalue weighted by Crippen LogP contribution is -2.33. The monoisotopic (exact) mass is 810 g/mol. The number of ether oxygens (including phenoxy) is 2. The Hall–Kier alpha value is -3.70. The molecule has 0 heterocycles. The second-order valence-corrected chi connectivity index (χ2v) is 16.3. The van der Waals surface area contributed by atoms with Crippen LogP contribution >= 0.6 is 21.6 Å². The van der Waals surface area contributed by atoms with Gasteiger partial charge in [0.25, 0.3) is 11.4 Å². The highest BCUT2D eigenvalue weighted by Crippen LogP contribution is 2.25. The maximum atomic E-state index is 12.1. The normalized spacial score (nSPS) is 12.7. The van der Waals surface area contributed by atoms with Crippen molar-refractivity contribution in [3.63, 3.8) is 0 Å². The van der Waals surface area contributed by atoms with Gasteiger partial charge in [-0.2, -0.15) is 26.3 Å². The molecule has 0 saturated carbocycles. The molecule has 2 atom stereocenters. The van der Waals surface area contributed by atoms with Crippen LogP contribution in [-0.2, 0) is 38.4 Å². The maximum Gasteiger partial charge on any atom is 0.422 e. The van der Waals surface area contributed by atoms with Gasteiger partial charge < -0.3 is 9.47 Å². The minimum Gasteiger partial charge on any atom is -0.449 e. The Morgan fingerprint density at radius 3 is 1.27 bits per heavy atom. The van der Waals surface area contributed by atoms with Crippen LogP contribution in [0, 0.1) is 20.2 Å². The lowest BCUT2D eigenvalue weighted by molar-refractivity contribution is -0.385. The van der Waals surface area contributed by atoms with Gasteiger partial charge in [0, 0.05) is 35.8 Å². The Morgan fingerprint density at radius 2 is 0.942 bits per heavy atom. The number of benzene rings is 2. The number of hydrogen-bond donors (Lipinski definition) is 2. The Balaban J connectivity index is 1.41. The maximum absolute atomic E-state index is 12.1. The lowest BCUT2D eigenvalue weighted by Gasteiger charge is -2.14. The fraction of sp³-hybridized carbons (Fsp3) is 0.533. The van der Waals surface area contributed by atoms with Crippen LogP contribution in [-0.4, -0.2) is 63.6 Å². The second kappa shape index (κ2) is 23.1. The Kier molecular flexibility index (Phi) is 19.7. The minimum atomic E-state index is -4.46. The molecule has 0 aliphatic rings. The molecule has 52 heavy (non-hydrogen) atoms. The molecule has 0 saturated heterocycles. The van der Waals surface area contributed by atoms with Crippen molar-refractivity contribution in [3.05, 3.63) is 79.9 Å². The highest BCUT2D eigenvalue weighted by molar-refractivity contribution is 8.76. The largest absolute Gasteiger partial charge is 0.449 e. The topological polar surface area (TPSA) is 250 Å². The molecule has 0 fully saturated rings. The molecule has 2 aromatic rings. The summed E-state index contributed by atoms with van der Waals surface area (Å²) in [5, 5.41) is 21.5. The van der Waals surface area contributed by atoms with Gasteiger partial charge in [-0.25, -0.2) is 18.0 Å². The van der Waals surface area contributed by atoms with Crippen molar-refractivity contribution in [2.45, 2.75) is 77.4 Å². The molecule has 0 radical (unpaired) electrons. The molecule has 290 valence electrons. The van der Waals surface area contributed by atoms with Gasteiger partial charge in [-0.05, 0) is 74.9 Å². The summed E-state index contributed by atoms with van der Waals surface area (Å²) in [6.07, 6.45) is 2.13. The van der Waals surface area contributed by atoms with E-state index < -0.39 is 54.8 Å². The summed E-state index contributed by atoms with van der Waals surface area (Å²) in [6, 6.07) is 10.3. The van der Waals surface area contributed by atoms with Gasteiger partial charge >= 0.3 is 32.8 Å². The third kappa shape index (κ3) is 18.7. The van der Waals surface area contributed by atoms with Crippen molar-refractivity contribution < 1.29 is 54.1 Å². The Morgan fingerprint density at radius 1 is 0.615 bits per heavy atom. The highest BCUT2D eigenvalue weighted by atomic mass is 33.1. The number of unbranched alkanes of at least 4 members (excludes halogenated alkanes) is 6. The van der Waals surface area contributed by atoms with Gasteiger partial charge in [-0.3, -0.25) is 20.2 Å². The standard InChI is InChI=1S/C30H42N4O14S4/c1-23(25-11-15-27(16-12-25)33(37)38)47-51(41,42)31-29(35)45-19-7-3-5-9-21-49-50-22-10-6-4-8-20-46-30(36)32-52(43,44)48-24(2)26-13-17-28(18-14-26)34(39)40/h11-18,23-24H,3-10,19-22H2,1-2H3,(H,31,35)(H,32,36). The van der Waals surface area contributed by atoms with Gasteiger partial charge in [0.2, 0.25) is 0 Å². The van der Waals surface area contributed by atoms with Crippen molar-refractivity contribution in [2.24, 2.45) is 0 Å². The zero-order valence-electron chi connectivity index (χ0n) is 28.5. The van der Waals surface area contributed by atoms with Gasteiger partial charge in [0.05, 0.1) is 23.1 Å². The number of carbonyl (C=O) groups excluding carboxylic acids is 2. The summed E-state index contributed by atoms with van der Waals surface area (Å²) in [4.78, 5) is 44.0. The Labute approximate surface area is 310 Å². The summed E-state index contributed by atoms with van der Waals surface area (Å²) < 4.78 is 71.4. The van der Waals surface area contributed by atoms with E-state index in [1.807, 2.05) is 0 Å². The minimum absolute atomic E-state index is 0.0375. The van der Waals surface area contributed by atoms with Gasteiger partial charge in [-0.1, -0.05) is 47.3 Å². The van der Waals surface area contributed by atoms with Crippen LogP contribution in [0.15, 0.2) is 48.5 Å². The molecule has 0 bridgehead atoms. The van der Waals surface area contributed by atoms with Gasteiger partial charge in [0.1, 0.15) is 12.2 Å². The number of amides is 2. The van der Waals surface area contributed by atoms with Crippen LogP contribution in [0.4, 0.5) is 21.0 Å². The zero-order valence-corrected chi connectivity index (χ0v) is 31.8. The summed E-state index contributed by atoms with van der Waals surface area (Å²) >= 11 is 0. The van der Waals surface area contributed by atoms with Crippen molar-refractivity contribution in [1.29, 1.82) is 0 Å². The average Bonchev–Trinajstić information content (AvgIpc) is 3.07. The molecule has 18 nitrogen and oxygen atoms in total. The fourth-order valence-corrected chi connectivity index (χ4v) is 8.12. The van der Waals surface area contributed by atoms with E-state index >= 15 is 0 Å². The lowest BCUT2D eigenvalue weighted by atomic mass is 10.1. The zero-order chi connectivity index (χ0) is 38.6. The number of nitro benzene ring substituents is 2. The van der Waals surface area contributed by atoms with E-state index in [0.29, 0.717) is 24.0 Å². The summed E-state index contributed by atoms with van der Waals surface area (Å²) in [6.45, 7) is 2.91. The van der Waals surface area contributed by atoms with E-state index in [0.717, 1.165) is 50.0 Å². The fourth-order valence-electron chi connectivity index (χ4n) is 4.22. The molecule has 0 aromatic heterocycles. The molecule has 2 amide bonds. The van der Waals surface area contributed by atoms with Crippen molar-refractivity contribution in [2.75, 3.05) is 24.7 Å². The quantitative estimate of drug-likeness (QED) is 0.0452. The first kappa shape index (κ1) is 44.5. The van der Waals surface area contributed by atoms with E-state index in [2.05, 4.69) is 0 Å². The van der Waals surface area contributed by atoms with Crippen LogP contribution in [0.3, 0.4) is 0 Å². The Bertz CT molecular complexity index is 1540. The predicted molar refractivity (Wildman–Crippen MR) is 194 cm³/mol. The van der Waals surface area contributed by atoms with Crippen LogP contribution in [0.1, 0.15) is 88.5 Å². The summed E-state index contributed by atoms with van der Waals surface area (Å²) in [7, 11) is -5.42. The smallest absolute Gasteiger partial charge is 0.422 e. The first-order valence-electron chi connectivity index (χ1n) is 16.1. The number of rotatable bonds is 25. The number of nitro groups is 2. The van der Waals surface area contributed by atoms with Gasteiger partial charge in [0.15, 0.2) is 0 Å². The SMILES string of the molecule is CC(OS(=O)(=O)NC(=O)OCCCCCCSSCCCCCCOC(=O)NS(=O)(=O)OC(C)c1ccc([N+](=O)[O-])cc1)c1ccc([N+](=O)[O-])cc1. The van der Waals surface area contributed by atoms with E-state index in [1.54, 1.807) is 31.0 Å². The molecular formula is C30H42N4O14S4. The van der Waals surface area contributed by atoms with E-state index in [1.165, 1.54) is 62.4 Å². The molecule has 22 heteroatoms. The van der Waals surface area contributed by atoms with Crippen LogP contribution in [0.2, 0.25) is 0 Å². The summed E-state index contributed by atoms with van der Waals surface area (Å²) in [5.74, 6) is 1.88. The number of nitrogens with zero attached hydrogens (tertiary/aromatic N) is 2. The number of nitrogens with one attached hydrogen (secondary N) is 2. The average molecular weight is 811 g/mol. The van der Waals surface area contributed by atoms with Gasteiger partial charge in [-0.15, -0.1) is 0 Å². The van der Waals surface area contributed by atoms with E-state index in [4.69, 9.17) is 17.8 Å². The van der Waals surface area contributed by atoms with E-state index in [-0.39, 0.29) is 24.6 Å². The van der Waals surface area contributed by atoms with Crippen molar-refractivity contribution in [3.8, 4) is 0 Å². The number of hydrogen-bond acceptors (Lipinski definition) is 16. The number of carbonyl (C=O) groups is 2. The van der Waals surface area contributed by atoms with Crippen LogP contribution in [0.25, 0.3) is 0 Å². The summed E-state index contributed by atoms with van der Waals surface area (Å²) in [5.41, 5.74) is 0.427. The third-order valence-corrected chi connectivity index (χ3v) is 11.4. The molecule has 2 aromatic carbocycles.